The van der Waals surface area contributed by atoms with Crippen molar-refractivity contribution in [3.63, 3.8) is 0 Å². The maximum absolute atomic E-state index is 15.9. The fourth-order valence-corrected chi connectivity index (χ4v) is 3.60. The zero-order chi connectivity index (χ0) is 23.1. The Balaban J connectivity index is 2.08. The fourth-order valence-electron chi connectivity index (χ4n) is 3.60. The van der Waals surface area contributed by atoms with E-state index in [4.69, 9.17) is 25.5 Å². The van der Waals surface area contributed by atoms with Crippen molar-refractivity contribution in [1.82, 2.24) is 9.55 Å². The van der Waals surface area contributed by atoms with Crippen LogP contribution in [0.4, 0.5) is 10.2 Å². The number of anilines is 1. The highest BCUT2D eigenvalue weighted by molar-refractivity contribution is 5.75. The number of fused-ring (bicyclic) bond motifs is 1. The first-order chi connectivity index (χ1) is 14.5. The van der Waals surface area contributed by atoms with E-state index in [-0.39, 0.29) is 5.82 Å². The molecular weight excluding hydrogens is 415 g/mol. The summed E-state index contributed by atoms with van der Waals surface area (Å²) in [6.07, 6.45) is -3.91. The number of rotatable bonds is 7. The van der Waals surface area contributed by atoms with Crippen LogP contribution in [0, 0.1) is 11.8 Å². The lowest BCUT2D eigenvalue weighted by Gasteiger charge is -2.25. The van der Waals surface area contributed by atoms with Gasteiger partial charge in [0.2, 0.25) is 5.60 Å². The molecule has 1 aliphatic heterocycles. The number of alkyl halides is 1. The Morgan fingerprint density at radius 1 is 1.39 bits per heavy atom. The summed E-state index contributed by atoms with van der Waals surface area (Å²) < 4.78 is 33.4. The van der Waals surface area contributed by atoms with Crippen molar-refractivity contribution in [2.24, 2.45) is 17.0 Å². The van der Waals surface area contributed by atoms with Gasteiger partial charge in [-0.25, -0.2) is 9.18 Å². The third kappa shape index (κ3) is 3.39. The molecule has 1 aromatic rings. The third-order valence-electron chi connectivity index (χ3n) is 5.32. The molecule has 1 saturated heterocycles. The summed E-state index contributed by atoms with van der Waals surface area (Å²) in [6.45, 7) is 5.73. The number of hydrogen-bond acceptors (Lipinski definition) is 9. The first kappa shape index (κ1) is 22.5. The number of esters is 2. The first-order valence-corrected chi connectivity index (χ1v) is 9.62. The minimum atomic E-state index is -2.14. The molecule has 1 aromatic heterocycles. The van der Waals surface area contributed by atoms with Gasteiger partial charge in [0.05, 0.1) is 18.4 Å². The van der Waals surface area contributed by atoms with Crippen LogP contribution >= 0.6 is 0 Å². The number of hydrogen-bond donors (Lipinski definition) is 1. The lowest BCUT2D eigenvalue weighted by atomic mass is 10.1. The summed E-state index contributed by atoms with van der Waals surface area (Å²) >= 11 is 0. The van der Waals surface area contributed by atoms with Crippen LogP contribution in [0.2, 0.25) is 0 Å². The SMILES string of the molecule is CC(C)C(=O)OC1[C@@]2(CN=[N+]=[N-])O[C@@H](n3ccc(N)nc3=O)[C@H](F)[C@@]12OC(=O)C(C)C. The lowest BCUT2D eigenvalue weighted by molar-refractivity contribution is -0.172. The molecule has 0 aromatic carbocycles. The van der Waals surface area contributed by atoms with Crippen LogP contribution in [-0.2, 0) is 23.8 Å². The van der Waals surface area contributed by atoms with Crippen LogP contribution in [0.1, 0.15) is 33.9 Å². The number of carbonyl (C=O) groups is 2. The molecule has 1 unspecified atom stereocenters. The van der Waals surface area contributed by atoms with Gasteiger partial charge in [0, 0.05) is 11.1 Å². The van der Waals surface area contributed by atoms with E-state index in [1.165, 1.54) is 12.3 Å². The van der Waals surface area contributed by atoms with Crippen molar-refractivity contribution in [1.29, 1.82) is 0 Å². The number of azide groups is 1. The van der Waals surface area contributed by atoms with Crippen LogP contribution in [0.25, 0.3) is 10.4 Å². The number of halogens is 1. The lowest BCUT2D eigenvalue weighted by Crippen LogP contribution is -2.42. The minimum Gasteiger partial charge on any atom is -0.454 e. The third-order valence-corrected chi connectivity index (χ3v) is 5.32. The molecular formula is C18H23FN6O6. The molecule has 0 radical (unpaired) electrons. The van der Waals surface area contributed by atoms with Gasteiger partial charge in [0.15, 0.2) is 24.1 Å². The fraction of sp³-hybridized carbons (Fsp3) is 0.667. The van der Waals surface area contributed by atoms with Gasteiger partial charge >= 0.3 is 17.6 Å². The molecule has 3 rings (SSSR count). The van der Waals surface area contributed by atoms with E-state index in [1.807, 2.05) is 0 Å². The van der Waals surface area contributed by atoms with Crippen molar-refractivity contribution in [2.75, 3.05) is 12.3 Å². The monoisotopic (exact) mass is 438 g/mol. The maximum atomic E-state index is 15.9. The largest absolute Gasteiger partial charge is 0.454 e. The summed E-state index contributed by atoms with van der Waals surface area (Å²) in [4.78, 5) is 43.1. The average Bonchev–Trinajstić information content (AvgIpc) is 3.12. The summed E-state index contributed by atoms with van der Waals surface area (Å²) in [5.41, 5.74) is 9.49. The summed E-state index contributed by atoms with van der Waals surface area (Å²) in [5.74, 6) is -2.73. The summed E-state index contributed by atoms with van der Waals surface area (Å²) in [7, 11) is 0. The van der Waals surface area contributed by atoms with Gasteiger partial charge in [0.25, 0.3) is 0 Å². The van der Waals surface area contributed by atoms with Gasteiger partial charge in [-0.15, -0.1) is 0 Å². The molecule has 1 aliphatic carbocycles. The molecule has 31 heavy (non-hydrogen) atoms. The van der Waals surface area contributed by atoms with E-state index in [9.17, 15) is 14.4 Å². The van der Waals surface area contributed by atoms with Gasteiger partial charge in [-0.05, 0) is 11.6 Å². The Morgan fingerprint density at radius 3 is 2.58 bits per heavy atom. The first-order valence-electron chi connectivity index (χ1n) is 9.62. The molecule has 2 aliphatic rings. The number of aromatic nitrogens is 2. The Bertz CT molecular complexity index is 1010. The molecule has 0 bridgehead atoms. The highest BCUT2D eigenvalue weighted by Gasteiger charge is 2.93. The number of nitrogens with two attached hydrogens (primary N) is 1. The normalized spacial score (nSPS) is 31.1. The van der Waals surface area contributed by atoms with Crippen LogP contribution in [0.3, 0.4) is 0 Å². The van der Waals surface area contributed by atoms with Gasteiger partial charge in [-0.3, -0.25) is 14.2 Å². The summed E-state index contributed by atoms with van der Waals surface area (Å²) in [6, 6.07) is 1.27. The second-order valence-electron chi connectivity index (χ2n) is 8.07. The van der Waals surface area contributed by atoms with E-state index in [0.717, 1.165) is 4.57 Å². The topological polar surface area (TPSA) is 171 Å². The molecule has 2 fully saturated rings. The van der Waals surface area contributed by atoms with Crippen molar-refractivity contribution in [2.45, 2.75) is 57.4 Å². The molecule has 1 saturated carbocycles. The van der Waals surface area contributed by atoms with Crippen molar-refractivity contribution >= 4 is 17.8 Å². The smallest absolute Gasteiger partial charge is 0.351 e. The quantitative estimate of drug-likeness (QED) is 0.287. The molecule has 13 heteroatoms. The standard InChI is InChI=1S/C18H23FN6O6/c1-8(2)13(26)29-15-17(7-22-24-21)18(15,31-14(27)9(3)4)11(19)12(30-17)25-6-5-10(20)23-16(25)28/h5-6,8-9,11-12,15H,7H2,1-4H3,(H2,20,23,28)/t11-,12+,15?,17+,18+/m0/s1. The predicted octanol–water partition coefficient (Wildman–Crippen LogP) is 1.26. The van der Waals surface area contributed by atoms with E-state index < -0.39 is 65.7 Å². The zero-order valence-electron chi connectivity index (χ0n) is 17.4. The highest BCUT2D eigenvalue weighted by atomic mass is 19.1. The van der Waals surface area contributed by atoms with E-state index >= 15 is 4.39 Å². The van der Waals surface area contributed by atoms with Crippen molar-refractivity contribution in [3.05, 3.63) is 33.2 Å². The molecule has 5 atom stereocenters. The Labute approximate surface area is 176 Å². The number of ether oxygens (including phenoxy) is 3. The van der Waals surface area contributed by atoms with E-state index in [2.05, 4.69) is 15.0 Å². The molecule has 2 N–H and O–H groups in total. The number of carbonyl (C=O) groups excluding carboxylic acids is 2. The van der Waals surface area contributed by atoms with Crippen LogP contribution in [0.15, 0.2) is 22.2 Å². The molecule has 0 amide bonds. The number of nitrogen functional groups attached to an aromatic ring is 1. The predicted molar refractivity (Wildman–Crippen MR) is 103 cm³/mol. The maximum Gasteiger partial charge on any atom is 0.351 e. The molecule has 2 heterocycles. The van der Waals surface area contributed by atoms with E-state index in [0.29, 0.717) is 0 Å². The molecule has 0 spiro atoms. The second kappa shape index (κ2) is 7.82. The van der Waals surface area contributed by atoms with Crippen LogP contribution < -0.4 is 11.4 Å². The van der Waals surface area contributed by atoms with Gasteiger partial charge in [-0.1, -0.05) is 32.8 Å². The summed E-state index contributed by atoms with van der Waals surface area (Å²) in [5, 5.41) is 3.45. The molecule has 12 nitrogen and oxygen atoms in total. The molecule has 168 valence electrons. The van der Waals surface area contributed by atoms with Crippen LogP contribution in [0.5, 0.6) is 0 Å². The van der Waals surface area contributed by atoms with Gasteiger partial charge in [-0.2, -0.15) is 4.98 Å². The van der Waals surface area contributed by atoms with Gasteiger partial charge < -0.3 is 19.9 Å². The van der Waals surface area contributed by atoms with Crippen molar-refractivity contribution < 1.29 is 28.2 Å². The van der Waals surface area contributed by atoms with E-state index in [1.54, 1.807) is 27.7 Å². The zero-order valence-corrected chi connectivity index (χ0v) is 17.4. The number of nitrogens with zero attached hydrogens (tertiary/aromatic N) is 5. The second-order valence-corrected chi connectivity index (χ2v) is 8.07. The minimum absolute atomic E-state index is 0.0757. The average molecular weight is 438 g/mol. The highest BCUT2D eigenvalue weighted by Crippen LogP contribution is 2.67. The van der Waals surface area contributed by atoms with Crippen molar-refractivity contribution in [3.8, 4) is 0 Å². The van der Waals surface area contributed by atoms with Gasteiger partial charge in [0.1, 0.15) is 5.82 Å². The Kier molecular flexibility index (Phi) is 5.68. The Hall–Kier alpha value is -3.18. The van der Waals surface area contributed by atoms with Crippen LogP contribution in [-0.4, -0.2) is 51.5 Å². The Morgan fingerprint density at radius 2 is 2.03 bits per heavy atom.